The van der Waals surface area contributed by atoms with Crippen LogP contribution in [0.25, 0.3) is 0 Å². The van der Waals surface area contributed by atoms with E-state index in [1.165, 1.54) is 18.2 Å². The first kappa shape index (κ1) is 13.8. The minimum absolute atomic E-state index is 0.120. The SMILES string of the molecule is Fc1ccc(Br)cc1Oc1ccc(C(F)(F)F)cn1. The summed E-state index contributed by atoms with van der Waals surface area (Å²) in [5.74, 6) is -0.878. The molecule has 1 aromatic heterocycles. The molecule has 0 aliphatic heterocycles. The topological polar surface area (TPSA) is 22.1 Å². The lowest BCUT2D eigenvalue weighted by atomic mass is 10.3. The fourth-order valence-electron chi connectivity index (χ4n) is 1.28. The molecule has 0 N–H and O–H groups in total. The number of ether oxygens (including phenoxy) is 1. The van der Waals surface area contributed by atoms with Crippen LogP contribution in [-0.2, 0) is 6.18 Å². The fourth-order valence-corrected chi connectivity index (χ4v) is 1.62. The van der Waals surface area contributed by atoms with E-state index in [0.717, 1.165) is 12.1 Å². The summed E-state index contributed by atoms with van der Waals surface area (Å²) in [6.07, 6.45) is -3.84. The van der Waals surface area contributed by atoms with Gasteiger partial charge in [-0.1, -0.05) is 15.9 Å². The molecule has 2 nitrogen and oxygen atoms in total. The van der Waals surface area contributed by atoms with Gasteiger partial charge in [0.2, 0.25) is 5.88 Å². The Morgan fingerprint density at radius 3 is 2.42 bits per heavy atom. The van der Waals surface area contributed by atoms with Crippen molar-refractivity contribution in [3.63, 3.8) is 0 Å². The van der Waals surface area contributed by atoms with Crippen LogP contribution in [0.3, 0.4) is 0 Å². The zero-order chi connectivity index (χ0) is 14.0. The molecule has 7 heteroatoms. The van der Waals surface area contributed by atoms with E-state index in [9.17, 15) is 17.6 Å². The zero-order valence-corrected chi connectivity index (χ0v) is 10.8. The number of hydrogen-bond donors (Lipinski definition) is 0. The Labute approximate surface area is 114 Å². The molecule has 1 heterocycles. The van der Waals surface area contributed by atoms with Gasteiger partial charge in [0.25, 0.3) is 0 Å². The van der Waals surface area contributed by atoms with Crippen LogP contribution in [0.2, 0.25) is 0 Å². The average molecular weight is 336 g/mol. The van der Waals surface area contributed by atoms with Gasteiger partial charge in [-0.3, -0.25) is 0 Å². The highest BCUT2D eigenvalue weighted by Gasteiger charge is 2.30. The van der Waals surface area contributed by atoms with Gasteiger partial charge < -0.3 is 4.74 Å². The molecule has 0 saturated carbocycles. The summed E-state index contributed by atoms with van der Waals surface area (Å²) in [6.45, 7) is 0. The van der Waals surface area contributed by atoms with Crippen molar-refractivity contribution in [2.24, 2.45) is 0 Å². The number of rotatable bonds is 2. The predicted octanol–water partition coefficient (Wildman–Crippen LogP) is 4.79. The first-order valence-electron chi connectivity index (χ1n) is 5.02. The first-order chi connectivity index (χ1) is 8.86. The molecule has 0 unspecified atom stereocenters. The van der Waals surface area contributed by atoms with Gasteiger partial charge in [-0.25, -0.2) is 9.37 Å². The summed E-state index contributed by atoms with van der Waals surface area (Å²) < 4.78 is 56.0. The summed E-state index contributed by atoms with van der Waals surface area (Å²) >= 11 is 3.13. The molecule has 2 aromatic rings. The Morgan fingerprint density at radius 1 is 1.11 bits per heavy atom. The molecule has 0 radical (unpaired) electrons. The van der Waals surface area contributed by atoms with Crippen molar-refractivity contribution in [2.45, 2.75) is 6.18 Å². The maximum atomic E-state index is 13.4. The molecule has 0 amide bonds. The molecule has 0 saturated heterocycles. The van der Waals surface area contributed by atoms with Crippen LogP contribution in [0.4, 0.5) is 17.6 Å². The molecule has 0 spiro atoms. The fraction of sp³-hybridized carbons (Fsp3) is 0.0833. The quantitative estimate of drug-likeness (QED) is 0.736. The summed E-state index contributed by atoms with van der Waals surface area (Å²) in [6, 6.07) is 5.85. The molecule has 0 atom stereocenters. The van der Waals surface area contributed by atoms with Gasteiger partial charge in [-0.2, -0.15) is 13.2 Å². The number of halogens is 5. The molecule has 100 valence electrons. The van der Waals surface area contributed by atoms with Crippen LogP contribution < -0.4 is 4.74 Å². The summed E-state index contributed by atoms with van der Waals surface area (Å²) in [4.78, 5) is 3.49. The zero-order valence-electron chi connectivity index (χ0n) is 9.21. The molecule has 0 aliphatic carbocycles. The molecular weight excluding hydrogens is 330 g/mol. The van der Waals surface area contributed by atoms with Gasteiger partial charge in [0.05, 0.1) is 5.56 Å². The second kappa shape index (κ2) is 5.16. The maximum absolute atomic E-state index is 13.4. The minimum Gasteiger partial charge on any atom is -0.436 e. The third kappa shape index (κ3) is 3.44. The molecule has 0 aliphatic rings. The third-order valence-corrected chi connectivity index (χ3v) is 2.66. The van der Waals surface area contributed by atoms with Gasteiger partial charge in [0, 0.05) is 16.7 Å². The van der Waals surface area contributed by atoms with Crippen LogP contribution in [0.5, 0.6) is 11.6 Å². The van der Waals surface area contributed by atoms with Crippen molar-refractivity contribution >= 4 is 15.9 Å². The maximum Gasteiger partial charge on any atom is 0.417 e. The van der Waals surface area contributed by atoms with Gasteiger partial charge in [0.1, 0.15) is 0 Å². The second-order valence-electron chi connectivity index (χ2n) is 3.56. The summed E-state index contributed by atoms with van der Waals surface area (Å²) in [5.41, 5.74) is -0.894. The van der Waals surface area contributed by atoms with Gasteiger partial charge in [-0.15, -0.1) is 0 Å². The predicted molar refractivity (Wildman–Crippen MR) is 63.4 cm³/mol. The van der Waals surface area contributed by atoms with E-state index in [1.54, 1.807) is 0 Å². The lowest BCUT2D eigenvalue weighted by molar-refractivity contribution is -0.137. The lowest BCUT2D eigenvalue weighted by Crippen LogP contribution is -2.05. The third-order valence-electron chi connectivity index (χ3n) is 2.17. The van der Waals surface area contributed by atoms with Gasteiger partial charge in [0.15, 0.2) is 11.6 Å². The van der Waals surface area contributed by atoms with Crippen molar-refractivity contribution in [1.82, 2.24) is 4.98 Å². The molecule has 0 fully saturated rings. The number of alkyl halides is 3. The smallest absolute Gasteiger partial charge is 0.417 e. The van der Waals surface area contributed by atoms with E-state index in [0.29, 0.717) is 10.7 Å². The highest BCUT2D eigenvalue weighted by molar-refractivity contribution is 9.10. The van der Waals surface area contributed by atoms with Crippen molar-refractivity contribution in [3.8, 4) is 11.6 Å². The van der Waals surface area contributed by atoms with Crippen molar-refractivity contribution < 1.29 is 22.3 Å². The molecule has 1 aromatic carbocycles. The average Bonchev–Trinajstić information content (AvgIpc) is 2.33. The Hall–Kier alpha value is -1.63. The van der Waals surface area contributed by atoms with Crippen LogP contribution in [-0.4, -0.2) is 4.98 Å². The van der Waals surface area contributed by atoms with Crippen LogP contribution >= 0.6 is 15.9 Å². The number of pyridine rings is 1. The number of hydrogen-bond acceptors (Lipinski definition) is 2. The van der Waals surface area contributed by atoms with E-state index in [4.69, 9.17) is 4.74 Å². The normalized spacial score (nSPS) is 11.4. The minimum atomic E-state index is -4.47. The van der Waals surface area contributed by atoms with Crippen molar-refractivity contribution in [3.05, 3.63) is 52.4 Å². The highest BCUT2D eigenvalue weighted by Crippen LogP contribution is 2.31. The highest BCUT2D eigenvalue weighted by atomic mass is 79.9. The largest absolute Gasteiger partial charge is 0.436 e. The van der Waals surface area contributed by atoms with Crippen LogP contribution in [0.1, 0.15) is 5.56 Å². The summed E-state index contributed by atoms with van der Waals surface area (Å²) in [5, 5.41) is 0. The van der Waals surface area contributed by atoms with Gasteiger partial charge >= 0.3 is 6.18 Å². The number of aromatic nitrogens is 1. The van der Waals surface area contributed by atoms with Crippen LogP contribution in [0.15, 0.2) is 41.0 Å². The first-order valence-corrected chi connectivity index (χ1v) is 5.82. The van der Waals surface area contributed by atoms with Gasteiger partial charge in [-0.05, 0) is 24.3 Å². The number of nitrogens with zero attached hydrogens (tertiary/aromatic N) is 1. The number of benzene rings is 1. The van der Waals surface area contributed by atoms with Crippen molar-refractivity contribution in [2.75, 3.05) is 0 Å². The molecule has 2 rings (SSSR count). The monoisotopic (exact) mass is 335 g/mol. The molecule has 0 bridgehead atoms. The van der Waals surface area contributed by atoms with E-state index in [-0.39, 0.29) is 11.6 Å². The van der Waals surface area contributed by atoms with E-state index in [1.807, 2.05) is 0 Å². The Morgan fingerprint density at radius 2 is 1.84 bits per heavy atom. The Balaban J connectivity index is 2.22. The van der Waals surface area contributed by atoms with E-state index < -0.39 is 17.6 Å². The Bertz CT molecular complexity index is 583. The van der Waals surface area contributed by atoms with Crippen LogP contribution in [0, 0.1) is 5.82 Å². The lowest BCUT2D eigenvalue weighted by Gasteiger charge is -2.08. The van der Waals surface area contributed by atoms with E-state index >= 15 is 0 Å². The molecule has 19 heavy (non-hydrogen) atoms. The summed E-state index contributed by atoms with van der Waals surface area (Å²) in [7, 11) is 0. The Kier molecular flexibility index (Phi) is 3.75. The standard InChI is InChI=1S/C12H6BrF4NO/c13-8-2-3-9(14)10(5-8)19-11-4-1-7(6-18-11)12(15,16)17/h1-6H. The second-order valence-corrected chi connectivity index (χ2v) is 4.48. The molecular formula is C12H6BrF4NO. The van der Waals surface area contributed by atoms with Crippen molar-refractivity contribution in [1.29, 1.82) is 0 Å². The van der Waals surface area contributed by atoms with E-state index in [2.05, 4.69) is 20.9 Å².